The lowest BCUT2D eigenvalue weighted by Crippen LogP contribution is -2.51. The number of aliphatic hydroxyl groups is 2. The lowest BCUT2D eigenvalue weighted by atomic mass is 10.1. The van der Waals surface area contributed by atoms with Gasteiger partial charge in [0.1, 0.15) is 4.90 Å². The van der Waals surface area contributed by atoms with Gasteiger partial charge in [-0.1, -0.05) is 15.9 Å². The first-order valence-corrected chi connectivity index (χ1v) is 8.22. The predicted octanol–water partition coefficient (Wildman–Crippen LogP) is 0.815. The van der Waals surface area contributed by atoms with Crippen LogP contribution in [-0.4, -0.2) is 37.4 Å². The van der Waals surface area contributed by atoms with Crippen LogP contribution in [0.15, 0.2) is 26.0 Å². The van der Waals surface area contributed by atoms with Gasteiger partial charge < -0.3 is 15.9 Å². The van der Waals surface area contributed by atoms with Crippen molar-refractivity contribution >= 4 is 47.6 Å². The molecular weight excluding hydrogens is 404 g/mol. The van der Waals surface area contributed by atoms with E-state index in [0.717, 1.165) is 0 Å². The molecule has 1 rings (SSSR count). The molecule has 0 aliphatic heterocycles. The Morgan fingerprint density at radius 2 is 1.84 bits per heavy atom. The van der Waals surface area contributed by atoms with Crippen molar-refractivity contribution in [1.82, 2.24) is 4.72 Å². The topological polar surface area (TPSA) is 113 Å². The van der Waals surface area contributed by atoms with Gasteiger partial charge in [-0.3, -0.25) is 0 Å². The highest BCUT2D eigenvalue weighted by Gasteiger charge is 2.32. The Balaban J connectivity index is 3.29. The summed E-state index contributed by atoms with van der Waals surface area (Å²) in [5.74, 6) is 0. The molecule has 108 valence electrons. The van der Waals surface area contributed by atoms with Crippen LogP contribution < -0.4 is 10.5 Å². The molecule has 0 radical (unpaired) electrons. The van der Waals surface area contributed by atoms with E-state index in [-0.39, 0.29) is 15.1 Å². The summed E-state index contributed by atoms with van der Waals surface area (Å²) in [6, 6.07) is 2.99. The summed E-state index contributed by atoms with van der Waals surface area (Å²) in [7, 11) is -3.98. The Hall–Kier alpha value is -0.190. The van der Waals surface area contributed by atoms with Gasteiger partial charge in [-0.25, -0.2) is 13.1 Å². The summed E-state index contributed by atoms with van der Waals surface area (Å²) in [4.78, 5) is -0.135. The SMILES string of the molecule is CC(CO)(CO)NS(=O)(=O)c1c(N)cc(Br)cc1Br. The average Bonchev–Trinajstić information content (AvgIpc) is 2.26. The number of hydrogen-bond donors (Lipinski definition) is 4. The van der Waals surface area contributed by atoms with Crippen molar-refractivity contribution in [3.63, 3.8) is 0 Å². The Morgan fingerprint density at radius 3 is 2.26 bits per heavy atom. The molecule has 0 spiro atoms. The van der Waals surface area contributed by atoms with Crippen LogP contribution in [0.4, 0.5) is 5.69 Å². The van der Waals surface area contributed by atoms with Crippen LogP contribution in [0.25, 0.3) is 0 Å². The van der Waals surface area contributed by atoms with Crippen molar-refractivity contribution < 1.29 is 18.6 Å². The first-order valence-electron chi connectivity index (χ1n) is 5.15. The highest BCUT2D eigenvalue weighted by Crippen LogP contribution is 2.32. The molecule has 1 aromatic rings. The third-order valence-corrected chi connectivity index (χ3v) is 5.48. The van der Waals surface area contributed by atoms with Gasteiger partial charge in [-0.2, -0.15) is 0 Å². The van der Waals surface area contributed by atoms with Gasteiger partial charge in [-0.15, -0.1) is 0 Å². The molecule has 5 N–H and O–H groups in total. The number of hydrogen-bond acceptors (Lipinski definition) is 5. The zero-order valence-electron chi connectivity index (χ0n) is 10.0. The van der Waals surface area contributed by atoms with Gasteiger partial charge >= 0.3 is 0 Å². The van der Waals surface area contributed by atoms with Crippen molar-refractivity contribution in [3.8, 4) is 0 Å². The third kappa shape index (κ3) is 3.89. The number of aliphatic hydroxyl groups excluding tert-OH is 2. The molecule has 9 heteroatoms. The van der Waals surface area contributed by atoms with Crippen molar-refractivity contribution in [2.75, 3.05) is 18.9 Å². The molecule has 0 saturated carbocycles. The number of anilines is 1. The summed E-state index contributed by atoms with van der Waals surface area (Å²) in [6.07, 6.45) is 0. The minimum atomic E-state index is -3.98. The quantitative estimate of drug-likeness (QED) is 0.529. The van der Waals surface area contributed by atoms with E-state index in [9.17, 15) is 8.42 Å². The van der Waals surface area contributed by atoms with E-state index in [1.54, 1.807) is 6.07 Å². The van der Waals surface area contributed by atoms with E-state index in [4.69, 9.17) is 15.9 Å². The molecule has 0 bridgehead atoms. The van der Waals surface area contributed by atoms with Crippen molar-refractivity contribution in [2.24, 2.45) is 0 Å². The van der Waals surface area contributed by atoms with Crippen LogP contribution >= 0.6 is 31.9 Å². The summed E-state index contributed by atoms with van der Waals surface area (Å²) in [5.41, 5.74) is 4.39. The van der Waals surface area contributed by atoms with Gasteiger partial charge in [0.05, 0.1) is 24.4 Å². The molecule has 0 fully saturated rings. The van der Waals surface area contributed by atoms with E-state index in [1.807, 2.05) is 0 Å². The Bertz CT molecular complexity index is 550. The zero-order chi connectivity index (χ0) is 14.8. The monoisotopic (exact) mass is 416 g/mol. The Morgan fingerprint density at radius 1 is 1.32 bits per heavy atom. The molecule has 0 unspecified atom stereocenters. The normalized spacial score (nSPS) is 12.7. The third-order valence-electron chi connectivity index (χ3n) is 2.38. The van der Waals surface area contributed by atoms with Crippen LogP contribution in [0.5, 0.6) is 0 Å². The maximum absolute atomic E-state index is 12.3. The number of halogens is 2. The van der Waals surface area contributed by atoms with Crippen LogP contribution in [0.1, 0.15) is 6.92 Å². The summed E-state index contributed by atoms with van der Waals surface area (Å²) in [6.45, 7) is 0.293. The predicted molar refractivity (Wildman–Crippen MR) is 79.2 cm³/mol. The average molecular weight is 418 g/mol. The molecule has 0 atom stereocenters. The fourth-order valence-electron chi connectivity index (χ4n) is 1.35. The highest BCUT2D eigenvalue weighted by atomic mass is 79.9. The maximum Gasteiger partial charge on any atom is 0.244 e. The van der Waals surface area contributed by atoms with Crippen LogP contribution in [0, 0.1) is 0 Å². The molecule has 19 heavy (non-hydrogen) atoms. The minimum Gasteiger partial charge on any atom is -0.398 e. The number of sulfonamides is 1. The van der Waals surface area contributed by atoms with Gasteiger partial charge in [0.2, 0.25) is 10.0 Å². The van der Waals surface area contributed by atoms with E-state index >= 15 is 0 Å². The molecule has 0 saturated heterocycles. The van der Waals surface area contributed by atoms with Gasteiger partial charge in [0.25, 0.3) is 0 Å². The molecule has 1 aromatic carbocycles. The van der Waals surface area contributed by atoms with Crippen LogP contribution in [0.3, 0.4) is 0 Å². The van der Waals surface area contributed by atoms with Crippen molar-refractivity contribution in [1.29, 1.82) is 0 Å². The molecule has 0 amide bonds. The summed E-state index contributed by atoms with van der Waals surface area (Å²) < 4.78 is 27.7. The second-order valence-electron chi connectivity index (χ2n) is 4.29. The lowest BCUT2D eigenvalue weighted by molar-refractivity contribution is 0.122. The van der Waals surface area contributed by atoms with Gasteiger partial charge in [-0.05, 0) is 35.0 Å². The highest BCUT2D eigenvalue weighted by molar-refractivity contribution is 9.11. The van der Waals surface area contributed by atoms with Crippen molar-refractivity contribution in [3.05, 3.63) is 21.1 Å². The summed E-state index contributed by atoms with van der Waals surface area (Å²) >= 11 is 6.33. The largest absolute Gasteiger partial charge is 0.398 e. The summed E-state index contributed by atoms with van der Waals surface area (Å²) in [5, 5.41) is 18.3. The standard InChI is InChI=1S/C10H14Br2N2O4S/c1-10(4-15,5-16)14-19(17,18)9-7(12)2-6(11)3-8(9)13/h2-3,14-16H,4-5,13H2,1H3. The molecule has 0 aliphatic carbocycles. The molecule has 0 aromatic heterocycles. The molecule has 6 nitrogen and oxygen atoms in total. The first-order chi connectivity index (χ1) is 8.65. The van der Waals surface area contributed by atoms with E-state index in [2.05, 4.69) is 36.6 Å². The first kappa shape index (κ1) is 16.9. The second kappa shape index (κ2) is 6.06. The Kier molecular flexibility index (Phi) is 5.38. The van der Waals surface area contributed by atoms with Crippen LogP contribution in [-0.2, 0) is 10.0 Å². The van der Waals surface area contributed by atoms with Crippen molar-refractivity contribution in [2.45, 2.75) is 17.4 Å². The number of nitrogens with one attached hydrogen (secondary N) is 1. The number of nitrogens with two attached hydrogens (primary N) is 1. The Labute approximate surface area is 128 Å². The van der Waals surface area contributed by atoms with E-state index in [0.29, 0.717) is 4.47 Å². The molecular formula is C10H14Br2N2O4S. The maximum atomic E-state index is 12.3. The smallest absolute Gasteiger partial charge is 0.244 e. The molecule has 0 heterocycles. The zero-order valence-corrected chi connectivity index (χ0v) is 14.0. The van der Waals surface area contributed by atoms with Gasteiger partial charge in [0, 0.05) is 8.95 Å². The fraction of sp³-hybridized carbons (Fsp3) is 0.400. The van der Waals surface area contributed by atoms with Gasteiger partial charge in [0.15, 0.2) is 0 Å². The number of nitrogen functional groups attached to an aromatic ring is 1. The minimum absolute atomic E-state index is 0.0481. The lowest BCUT2D eigenvalue weighted by Gasteiger charge is -2.26. The number of rotatable bonds is 5. The number of benzene rings is 1. The second-order valence-corrected chi connectivity index (χ2v) is 7.68. The fourth-order valence-corrected chi connectivity index (χ4v) is 4.82. The van der Waals surface area contributed by atoms with E-state index in [1.165, 1.54) is 13.0 Å². The van der Waals surface area contributed by atoms with Crippen LogP contribution in [0.2, 0.25) is 0 Å². The molecule has 0 aliphatic rings. The van der Waals surface area contributed by atoms with E-state index < -0.39 is 28.8 Å².